The van der Waals surface area contributed by atoms with E-state index in [1.165, 1.54) is 29.2 Å². The summed E-state index contributed by atoms with van der Waals surface area (Å²) in [6.07, 6.45) is 6.59. The number of nitrogens with zero attached hydrogens (tertiary/aromatic N) is 2. The van der Waals surface area contributed by atoms with E-state index in [1.807, 2.05) is 36.4 Å². The fourth-order valence-corrected chi connectivity index (χ4v) is 6.92. The summed E-state index contributed by atoms with van der Waals surface area (Å²) < 4.78 is 24.1. The average Bonchev–Trinajstić information content (AvgIpc) is 3.73. The first-order chi connectivity index (χ1) is 21.9. The first-order valence-electron chi connectivity index (χ1n) is 15.4. The molecule has 2 aliphatic rings. The molecule has 0 radical (unpaired) electrons. The van der Waals surface area contributed by atoms with Gasteiger partial charge in [0.05, 0.1) is 17.5 Å². The Labute approximate surface area is 265 Å². The van der Waals surface area contributed by atoms with Crippen LogP contribution in [0.25, 0.3) is 10.8 Å². The molecule has 1 aromatic heterocycles. The second kappa shape index (κ2) is 13.7. The van der Waals surface area contributed by atoms with Crippen molar-refractivity contribution in [2.75, 3.05) is 23.8 Å². The van der Waals surface area contributed by atoms with Gasteiger partial charge in [-0.2, -0.15) is 4.37 Å². The maximum absolute atomic E-state index is 14.7. The number of hydrogen-bond donors (Lipinski definition) is 3. The number of rotatable bonds is 9. The summed E-state index contributed by atoms with van der Waals surface area (Å²) >= 11 is 0.825. The zero-order valence-electron chi connectivity index (χ0n) is 24.8. The molecule has 1 saturated heterocycles. The van der Waals surface area contributed by atoms with Crippen molar-refractivity contribution in [3.8, 4) is 0 Å². The number of nitrogens with two attached hydrogens (primary N) is 1. The lowest BCUT2D eigenvalue weighted by molar-refractivity contribution is -0.123. The Morgan fingerprint density at radius 3 is 2.49 bits per heavy atom. The van der Waals surface area contributed by atoms with E-state index >= 15 is 0 Å². The monoisotopic (exact) mass is 629 g/mol. The van der Waals surface area contributed by atoms with Crippen molar-refractivity contribution in [1.29, 1.82) is 0 Å². The molecular weight excluding hydrogens is 593 g/mol. The lowest BCUT2D eigenvalue weighted by Gasteiger charge is -2.32. The number of nitrogen functional groups attached to an aromatic ring is 1. The molecule has 1 aliphatic carbocycles. The standard InChI is InChI=1S/C34H36FN5O4S/c35-23-17-15-22(16-18-23)30(33(42)37-20-25-12-7-19-44-25)40(27-14-6-9-21-8-4-5-13-26(21)27)34(43)31-28(36)29(39-45-31)32(41)38-24-10-2-1-3-11-24/h4-6,8-9,13-18,24-25,30H,1-3,7,10-12,19-20,36H2,(H,37,42)(H,38,41)/t25-,30+/m0/s1. The predicted molar refractivity (Wildman–Crippen MR) is 173 cm³/mol. The van der Waals surface area contributed by atoms with Gasteiger partial charge in [-0.1, -0.05) is 67.8 Å². The van der Waals surface area contributed by atoms with Crippen LogP contribution in [0, 0.1) is 5.82 Å². The molecule has 45 heavy (non-hydrogen) atoms. The summed E-state index contributed by atoms with van der Waals surface area (Å²) in [6, 6.07) is 17.4. The number of amides is 3. The fraction of sp³-hybridized carbons (Fsp3) is 0.353. The molecule has 3 amide bonds. The largest absolute Gasteiger partial charge is 0.395 e. The number of benzene rings is 3. The highest BCUT2D eigenvalue weighted by molar-refractivity contribution is 7.09. The SMILES string of the molecule is Nc1c(C(=O)NC2CCCCC2)nsc1C(=O)N(c1cccc2ccccc12)[C@@H](C(=O)NC[C@@H]1CCCO1)c1ccc(F)cc1. The first kappa shape index (κ1) is 30.7. The molecule has 4 N–H and O–H groups in total. The quantitative estimate of drug-likeness (QED) is 0.216. The number of carbonyl (C=O) groups excluding carboxylic acids is 3. The van der Waals surface area contributed by atoms with Crippen molar-refractivity contribution in [3.63, 3.8) is 0 Å². The summed E-state index contributed by atoms with van der Waals surface area (Å²) in [6.45, 7) is 0.895. The number of fused-ring (bicyclic) bond motifs is 1. The molecule has 1 saturated carbocycles. The van der Waals surface area contributed by atoms with Gasteiger partial charge in [-0.3, -0.25) is 19.3 Å². The van der Waals surface area contributed by atoms with Crippen LogP contribution >= 0.6 is 11.5 Å². The Morgan fingerprint density at radius 1 is 0.978 bits per heavy atom. The van der Waals surface area contributed by atoms with E-state index in [0.717, 1.165) is 67.3 Å². The van der Waals surface area contributed by atoms with Crippen LogP contribution in [-0.4, -0.2) is 47.4 Å². The minimum Gasteiger partial charge on any atom is -0.395 e. The van der Waals surface area contributed by atoms with Gasteiger partial charge >= 0.3 is 0 Å². The molecule has 234 valence electrons. The van der Waals surface area contributed by atoms with Crippen LogP contribution in [0.3, 0.4) is 0 Å². The first-order valence-corrected chi connectivity index (χ1v) is 16.2. The molecule has 0 bridgehead atoms. The molecule has 3 aromatic carbocycles. The Hall–Kier alpha value is -4.35. The zero-order chi connectivity index (χ0) is 31.3. The summed E-state index contributed by atoms with van der Waals surface area (Å²) in [5, 5.41) is 7.57. The molecular formula is C34H36FN5O4S. The summed E-state index contributed by atoms with van der Waals surface area (Å²) in [5.74, 6) is -1.95. The topological polar surface area (TPSA) is 127 Å². The molecule has 2 heterocycles. The van der Waals surface area contributed by atoms with Crippen LogP contribution in [0.5, 0.6) is 0 Å². The van der Waals surface area contributed by atoms with Crippen LogP contribution in [0.1, 0.15) is 76.7 Å². The number of aromatic nitrogens is 1. The van der Waals surface area contributed by atoms with Gasteiger partial charge in [-0.25, -0.2) is 4.39 Å². The van der Waals surface area contributed by atoms with Crippen molar-refractivity contribution in [2.24, 2.45) is 0 Å². The second-order valence-corrected chi connectivity index (χ2v) is 12.4. The van der Waals surface area contributed by atoms with Crippen molar-refractivity contribution >= 4 is 51.4 Å². The number of carbonyl (C=O) groups is 3. The third-order valence-corrected chi connectivity index (χ3v) is 9.39. The number of halogens is 1. The van der Waals surface area contributed by atoms with Crippen LogP contribution in [0.2, 0.25) is 0 Å². The molecule has 0 spiro atoms. The molecule has 6 rings (SSSR count). The summed E-state index contributed by atoms with van der Waals surface area (Å²) in [7, 11) is 0. The van der Waals surface area contributed by atoms with E-state index in [1.54, 1.807) is 6.07 Å². The van der Waals surface area contributed by atoms with Gasteiger partial charge < -0.3 is 21.1 Å². The van der Waals surface area contributed by atoms with Crippen LogP contribution < -0.4 is 21.3 Å². The van der Waals surface area contributed by atoms with Gasteiger partial charge in [0.1, 0.15) is 16.7 Å². The van der Waals surface area contributed by atoms with E-state index in [4.69, 9.17) is 10.5 Å². The van der Waals surface area contributed by atoms with Crippen LogP contribution in [0.4, 0.5) is 15.8 Å². The molecule has 0 unspecified atom stereocenters. The minimum atomic E-state index is -1.20. The van der Waals surface area contributed by atoms with E-state index in [9.17, 15) is 18.8 Å². The van der Waals surface area contributed by atoms with Gasteiger partial charge in [-0.15, -0.1) is 0 Å². The molecule has 1 aliphatic heterocycles. The van der Waals surface area contributed by atoms with Gasteiger partial charge in [0.25, 0.3) is 11.8 Å². The Bertz CT molecular complexity index is 1680. The molecule has 2 fully saturated rings. The third kappa shape index (κ3) is 6.69. The highest BCUT2D eigenvalue weighted by Gasteiger charge is 2.37. The number of hydrogen-bond acceptors (Lipinski definition) is 7. The van der Waals surface area contributed by atoms with Crippen molar-refractivity contribution in [3.05, 3.63) is 88.7 Å². The highest BCUT2D eigenvalue weighted by Crippen LogP contribution is 2.37. The predicted octanol–water partition coefficient (Wildman–Crippen LogP) is 5.76. The fourth-order valence-electron chi connectivity index (χ4n) is 6.19. The highest BCUT2D eigenvalue weighted by atomic mass is 32.1. The third-order valence-electron chi connectivity index (χ3n) is 8.54. The van der Waals surface area contributed by atoms with Crippen LogP contribution in [-0.2, 0) is 9.53 Å². The van der Waals surface area contributed by atoms with E-state index in [2.05, 4.69) is 15.0 Å². The summed E-state index contributed by atoms with van der Waals surface area (Å²) in [4.78, 5) is 43.4. The maximum Gasteiger partial charge on any atom is 0.273 e. The zero-order valence-corrected chi connectivity index (χ0v) is 25.7. The van der Waals surface area contributed by atoms with Crippen molar-refractivity contribution in [1.82, 2.24) is 15.0 Å². The second-order valence-electron chi connectivity index (χ2n) is 11.6. The van der Waals surface area contributed by atoms with Crippen molar-refractivity contribution < 1.29 is 23.5 Å². The number of nitrogens with one attached hydrogen (secondary N) is 2. The number of ether oxygens (including phenoxy) is 1. The molecule has 9 nitrogen and oxygen atoms in total. The lowest BCUT2D eigenvalue weighted by atomic mass is 9.95. The van der Waals surface area contributed by atoms with E-state index in [0.29, 0.717) is 17.9 Å². The lowest BCUT2D eigenvalue weighted by Crippen LogP contribution is -2.45. The smallest absolute Gasteiger partial charge is 0.273 e. The Morgan fingerprint density at radius 2 is 1.73 bits per heavy atom. The van der Waals surface area contributed by atoms with Gasteiger partial charge in [0, 0.05) is 24.6 Å². The maximum atomic E-state index is 14.7. The normalized spacial score (nSPS) is 17.6. The Kier molecular flexibility index (Phi) is 9.37. The average molecular weight is 630 g/mol. The van der Waals surface area contributed by atoms with Gasteiger partial charge in [0.15, 0.2) is 5.69 Å². The van der Waals surface area contributed by atoms with E-state index < -0.39 is 29.6 Å². The summed E-state index contributed by atoms with van der Waals surface area (Å²) in [5.41, 5.74) is 7.30. The van der Waals surface area contributed by atoms with Crippen LogP contribution in [0.15, 0.2) is 66.7 Å². The molecule has 11 heteroatoms. The molecule has 2 atom stereocenters. The van der Waals surface area contributed by atoms with Gasteiger partial charge in [-0.05, 0) is 66.4 Å². The number of anilines is 2. The van der Waals surface area contributed by atoms with Crippen molar-refractivity contribution in [2.45, 2.75) is 63.1 Å². The molecule has 4 aromatic rings. The minimum absolute atomic E-state index is 0.00652. The van der Waals surface area contributed by atoms with Gasteiger partial charge in [0.2, 0.25) is 5.91 Å². The Balaban J connectivity index is 1.42. The van der Waals surface area contributed by atoms with E-state index in [-0.39, 0.29) is 34.9 Å².